The molecular weight excluding hydrogens is 596 g/mol. The van der Waals surface area contributed by atoms with Gasteiger partial charge in [0.2, 0.25) is 5.75 Å². The van der Waals surface area contributed by atoms with E-state index in [1.807, 2.05) is 41.5 Å². The second kappa shape index (κ2) is 14.4. The van der Waals surface area contributed by atoms with Gasteiger partial charge in [-0.2, -0.15) is 8.75 Å². The molecule has 0 amide bonds. The topological polar surface area (TPSA) is 126 Å². The average molecular weight is 635 g/mol. The third kappa shape index (κ3) is 7.91. The smallest absolute Gasteiger partial charge is 0.336 e. The normalized spacial score (nSPS) is 12.0. The fourth-order valence-electron chi connectivity index (χ4n) is 4.77. The van der Waals surface area contributed by atoms with E-state index in [1.54, 1.807) is 42.5 Å². The first-order valence-corrected chi connectivity index (χ1v) is 15.3. The average Bonchev–Trinajstić information content (AvgIpc) is 3.45. The maximum atomic E-state index is 14.4. The van der Waals surface area contributed by atoms with Gasteiger partial charge in [0.15, 0.2) is 28.8 Å². The molecule has 0 unspecified atom stereocenters. The Labute approximate surface area is 266 Å². The number of carboxylic acids is 1. The van der Waals surface area contributed by atoms with Crippen molar-refractivity contribution in [3.63, 3.8) is 0 Å². The molecule has 45 heavy (non-hydrogen) atoms. The Morgan fingerprint density at radius 2 is 1.29 bits per heavy atom. The summed E-state index contributed by atoms with van der Waals surface area (Å²) in [5, 5.41) is 10.6. The summed E-state index contributed by atoms with van der Waals surface area (Å²) in [6, 6.07) is 13.2. The number of fused-ring (bicyclic) bond motifs is 1. The number of ketones is 1. The van der Waals surface area contributed by atoms with E-state index < -0.39 is 11.8 Å². The van der Waals surface area contributed by atoms with E-state index in [-0.39, 0.29) is 41.4 Å². The van der Waals surface area contributed by atoms with Gasteiger partial charge >= 0.3 is 5.97 Å². The molecule has 0 bridgehead atoms. The number of aliphatic carboxylic acids is 1. The summed E-state index contributed by atoms with van der Waals surface area (Å²) in [6.45, 7) is 11.4. The number of allylic oxidation sites excluding steroid dienone is 1. The van der Waals surface area contributed by atoms with E-state index in [4.69, 9.17) is 23.7 Å². The van der Waals surface area contributed by atoms with Crippen molar-refractivity contribution < 1.29 is 38.4 Å². The highest BCUT2D eigenvalue weighted by atomic mass is 32.1. The molecule has 0 saturated carbocycles. The number of methoxy groups -OCH3 is 2. The highest BCUT2D eigenvalue weighted by Crippen LogP contribution is 2.42. The Kier molecular flexibility index (Phi) is 10.7. The zero-order valence-corrected chi connectivity index (χ0v) is 27.5. The molecule has 11 heteroatoms. The molecule has 0 aliphatic rings. The molecule has 0 saturated heterocycles. The Morgan fingerprint density at radius 3 is 1.84 bits per heavy atom. The van der Waals surface area contributed by atoms with Gasteiger partial charge in [-0.1, -0.05) is 6.07 Å². The molecule has 1 aromatic heterocycles. The van der Waals surface area contributed by atoms with Crippen LogP contribution in [-0.2, 0) is 11.2 Å². The van der Waals surface area contributed by atoms with Crippen molar-refractivity contribution in [3.8, 4) is 28.7 Å². The maximum absolute atomic E-state index is 14.4. The van der Waals surface area contributed by atoms with Crippen molar-refractivity contribution in [1.82, 2.24) is 8.75 Å². The molecule has 1 N–H and O–H groups in total. The van der Waals surface area contributed by atoms with Gasteiger partial charge in [0, 0.05) is 17.6 Å². The molecule has 4 aromatic rings. The van der Waals surface area contributed by atoms with Crippen molar-refractivity contribution in [2.24, 2.45) is 0 Å². The van der Waals surface area contributed by atoms with Gasteiger partial charge in [0.05, 0.1) is 49.8 Å². The van der Waals surface area contributed by atoms with Gasteiger partial charge in [0.25, 0.3) is 0 Å². The van der Waals surface area contributed by atoms with Crippen molar-refractivity contribution in [3.05, 3.63) is 70.8 Å². The van der Waals surface area contributed by atoms with Crippen molar-refractivity contribution in [1.29, 1.82) is 0 Å². The van der Waals surface area contributed by atoms with Crippen LogP contribution in [0.4, 0.5) is 0 Å². The van der Waals surface area contributed by atoms with Crippen LogP contribution in [0.1, 0.15) is 63.0 Å². The molecule has 0 fully saturated rings. The summed E-state index contributed by atoms with van der Waals surface area (Å²) in [5.41, 5.74) is 2.19. The first kappa shape index (κ1) is 33.3. The Morgan fingerprint density at radius 1 is 0.711 bits per heavy atom. The fraction of sp³-hybridized carbons (Fsp3) is 0.353. The summed E-state index contributed by atoms with van der Waals surface area (Å²) >= 11 is 1.03. The highest BCUT2D eigenvalue weighted by Gasteiger charge is 2.27. The lowest BCUT2D eigenvalue weighted by Gasteiger charge is -2.23. The van der Waals surface area contributed by atoms with Crippen LogP contribution in [-0.4, -0.2) is 58.1 Å². The predicted molar refractivity (Wildman–Crippen MR) is 173 cm³/mol. The highest BCUT2D eigenvalue weighted by molar-refractivity contribution is 7.00. The molecule has 3 aromatic carbocycles. The van der Waals surface area contributed by atoms with Crippen LogP contribution in [0.15, 0.2) is 54.1 Å². The number of ether oxygens (including phenoxy) is 5. The van der Waals surface area contributed by atoms with Crippen LogP contribution in [0.3, 0.4) is 0 Å². The summed E-state index contributed by atoms with van der Waals surface area (Å²) in [5.74, 6) is 0.306. The van der Waals surface area contributed by atoms with Gasteiger partial charge in [-0.15, -0.1) is 0 Å². The Hall–Kier alpha value is -4.64. The lowest BCUT2D eigenvalue weighted by molar-refractivity contribution is -0.130. The number of hydrogen-bond acceptors (Lipinski definition) is 10. The molecule has 0 radical (unpaired) electrons. The molecule has 0 atom stereocenters. The summed E-state index contributed by atoms with van der Waals surface area (Å²) in [7, 11) is 2.97. The van der Waals surface area contributed by atoms with E-state index in [9.17, 15) is 14.7 Å². The third-order valence-corrected chi connectivity index (χ3v) is 7.07. The maximum Gasteiger partial charge on any atom is 0.336 e. The van der Waals surface area contributed by atoms with Crippen molar-refractivity contribution in [2.75, 3.05) is 14.2 Å². The monoisotopic (exact) mass is 634 g/mol. The van der Waals surface area contributed by atoms with Crippen LogP contribution in [0, 0.1) is 0 Å². The second-order valence-electron chi connectivity index (χ2n) is 11.1. The fourth-order valence-corrected chi connectivity index (χ4v) is 5.29. The number of carboxylic acid groups (broad SMARTS) is 1. The van der Waals surface area contributed by atoms with Crippen LogP contribution >= 0.6 is 11.7 Å². The number of hydrogen-bond donors (Lipinski definition) is 1. The minimum absolute atomic E-state index is 0.0424. The minimum atomic E-state index is -1.27. The van der Waals surface area contributed by atoms with Crippen molar-refractivity contribution in [2.45, 2.75) is 66.3 Å². The van der Waals surface area contributed by atoms with Gasteiger partial charge in [0.1, 0.15) is 11.0 Å². The van der Waals surface area contributed by atoms with E-state index >= 15 is 0 Å². The summed E-state index contributed by atoms with van der Waals surface area (Å²) in [4.78, 5) is 27.4. The number of carbonyl (C=O) groups is 2. The number of Topliss-reactive ketones (excluding diaryl/α,β-unsaturated/α-hetero) is 1. The third-order valence-electron chi connectivity index (χ3n) is 6.52. The number of rotatable bonds is 14. The summed E-state index contributed by atoms with van der Waals surface area (Å²) < 4.78 is 37.7. The van der Waals surface area contributed by atoms with E-state index in [1.165, 1.54) is 20.3 Å². The van der Waals surface area contributed by atoms with E-state index in [2.05, 4.69) is 8.75 Å². The van der Waals surface area contributed by atoms with Crippen molar-refractivity contribution >= 4 is 40.1 Å². The number of aromatic nitrogens is 2. The largest absolute Gasteiger partial charge is 0.493 e. The van der Waals surface area contributed by atoms with Crippen LogP contribution in [0.25, 0.3) is 16.6 Å². The zero-order chi connectivity index (χ0) is 32.8. The first-order chi connectivity index (χ1) is 21.4. The van der Waals surface area contributed by atoms with Crippen LogP contribution < -0.4 is 23.7 Å². The molecular formula is C34H38N2O8S. The zero-order valence-electron chi connectivity index (χ0n) is 26.7. The molecule has 0 aliphatic heterocycles. The van der Waals surface area contributed by atoms with Crippen LogP contribution in [0.2, 0.25) is 0 Å². The lowest BCUT2D eigenvalue weighted by atomic mass is 9.89. The molecule has 0 spiro atoms. The van der Waals surface area contributed by atoms with E-state index in [0.717, 1.165) is 11.7 Å². The number of nitrogens with zero attached hydrogens (tertiary/aromatic N) is 2. The number of carbonyl (C=O) groups excluding carboxylic acids is 1. The lowest BCUT2D eigenvalue weighted by Crippen LogP contribution is -2.16. The number of benzene rings is 3. The van der Waals surface area contributed by atoms with Gasteiger partial charge in [-0.25, -0.2) is 4.79 Å². The molecule has 238 valence electrons. The quantitative estimate of drug-likeness (QED) is 0.114. The predicted octanol–water partition coefficient (Wildman–Crippen LogP) is 7.03. The molecule has 1 heterocycles. The van der Waals surface area contributed by atoms with Crippen LogP contribution in [0.5, 0.6) is 28.7 Å². The SMILES string of the molecule is COc1ccc(C(=O)C(Cc2cc(OC(C)C)c(OC(C)C)c(OC(C)C)c2)=C(C(=O)O)c2ccc3nsnc3c2)cc1OC. The minimum Gasteiger partial charge on any atom is -0.493 e. The summed E-state index contributed by atoms with van der Waals surface area (Å²) in [6.07, 6.45) is -0.626. The second-order valence-corrected chi connectivity index (χ2v) is 11.7. The van der Waals surface area contributed by atoms with E-state index in [0.29, 0.717) is 50.9 Å². The standard InChI is InChI=1S/C34H38N2O8S/c1-18(2)42-29-14-21(15-30(43-19(3)4)33(29)44-20(5)6)13-24(32(37)23-10-12-27(40-7)28(17-23)41-8)31(34(38)39)22-9-11-25-26(16-22)36-45-35-25/h9-12,14-20H,13H2,1-8H3,(H,38,39). The first-order valence-electron chi connectivity index (χ1n) is 14.5. The van der Waals surface area contributed by atoms with Gasteiger partial charge in [-0.3, -0.25) is 4.79 Å². The van der Waals surface area contributed by atoms with Gasteiger partial charge < -0.3 is 28.8 Å². The Balaban J connectivity index is 1.98. The molecule has 4 rings (SSSR count). The van der Waals surface area contributed by atoms with Gasteiger partial charge in [-0.05, 0) is 95.1 Å². The molecule has 10 nitrogen and oxygen atoms in total. The molecule has 0 aliphatic carbocycles. The Bertz CT molecular complexity index is 1690.